The molecule has 1 fully saturated rings. The van der Waals surface area contributed by atoms with E-state index in [9.17, 15) is 33.6 Å². The molecule has 7 atom stereocenters. The highest BCUT2D eigenvalue weighted by atomic mass is 16.2. The van der Waals surface area contributed by atoms with E-state index in [-0.39, 0.29) is 24.8 Å². The number of aromatic nitrogens is 2. The van der Waals surface area contributed by atoms with E-state index in [2.05, 4.69) is 36.6 Å². The van der Waals surface area contributed by atoms with Gasteiger partial charge in [0.25, 0.3) is 0 Å². The molecule has 7 amide bonds. The Morgan fingerprint density at radius 2 is 1.60 bits per heavy atom. The van der Waals surface area contributed by atoms with E-state index >= 15 is 0 Å². The number of nitrogens with one attached hydrogen (secondary N) is 6. The quantitative estimate of drug-likeness (QED) is 0.0879. The third-order valence-corrected chi connectivity index (χ3v) is 8.25. The molecule has 262 valence electrons. The van der Waals surface area contributed by atoms with Gasteiger partial charge in [0.1, 0.15) is 30.2 Å². The Morgan fingerprint density at radius 1 is 0.936 bits per heavy atom. The Hall–Kier alpha value is -4.54. The summed E-state index contributed by atoms with van der Waals surface area (Å²) in [5.41, 5.74) is 11.8. The van der Waals surface area contributed by atoms with Crippen molar-refractivity contribution in [2.75, 3.05) is 13.1 Å². The van der Waals surface area contributed by atoms with Gasteiger partial charge in [-0.15, -0.1) is 0 Å². The number of likely N-dealkylation sites (tertiary alicyclic amines) is 1. The minimum atomic E-state index is -1.08. The second-order valence-electron chi connectivity index (χ2n) is 12.3. The Balaban J connectivity index is 1.99. The van der Waals surface area contributed by atoms with Crippen LogP contribution in [0.5, 0.6) is 0 Å². The molecule has 0 bridgehead atoms. The molecule has 1 aliphatic rings. The number of imidazole rings is 1. The molecule has 1 aromatic rings. The molecule has 17 nitrogen and oxygen atoms in total. The zero-order valence-electron chi connectivity index (χ0n) is 27.9. The lowest BCUT2D eigenvalue weighted by molar-refractivity contribution is -0.140. The van der Waals surface area contributed by atoms with Crippen LogP contribution in [-0.4, -0.2) is 106 Å². The molecule has 0 aliphatic carbocycles. The lowest BCUT2D eigenvalue weighted by atomic mass is 9.97. The monoisotopic (exact) mass is 662 g/mol. The van der Waals surface area contributed by atoms with Crippen LogP contribution in [0, 0.1) is 11.8 Å². The van der Waals surface area contributed by atoms with Gasteiger partial charge in [0.05, 0.1) is 18.9 Å². The van der Waals surface area contributed by atoms with E-state index in [4.69, 9.17) is 11.5 Å². The molecule has 1 aliphatic heterocycles. The summed E-state index contributed by atoms with van der Waals surface area (Å²) in [6, 6.07) is -5.75. The second kappa shape index (κ2) is 18.0. The van der Waals surface area contributed by atoms with Crippen LogP contribution in [0.2, 0.25) is 0 Å². The number of primary amides is 1. The predicted molar refractivity (Wildman–Crippen MR) is 171 cm³/mol. The summed E-state index contributed by atoms with van der Waals surface area (Å²) in [6.45, 7) is 9.88. The minimum absolute atomic E-state index is 0.0668. The van der Waals surface area contributed by atoms with Gasteiger partial charge in [0.2, 0.25) is 41.4 Å². The molecule has 0 spiro atoms. The molecule has 0 unspecified atom stereocenters. The van der Waals surface area contributed by atoms with Gasteiger partial charge >= 0.3 is 0 Å². The van der Waals surface area contributed by atoms with Gasteiger partial charge < -0.3 is 47.9 Å². The molecule has 10 N–H and O–H groups in total. The van der Waals surface area contributed by atoms with Crippen molar-refractivity contribution < 1.29 is 33.6 Å². The fraction of sp³-hybridized carbons (Fsp3) is 0.667. The third kappa shape index (κ3) is 11.3. The van der Waals surface area contributed by atoms with Gasteiger partial charge in [-0.05, 0) is 38.5 Å². The largest absolute Gasteiger partial charge is 0.368 e. The Kier molecular flexibility index (Phi) is 14.8. The average molecular weight is 663 g/mol. The lowest BCUT2D eigenvalue weighted by Crippen LogP contribution is -2.58. The van der Waals surface area contributed by atoms with Crippen LogP contribution in [0.15, 0.2) is 12.5 Å². The normalized spacial score (nSPS) is 18.2. The molecule has 0 radical (unpaired) electrons. The molecule has 1 aromatic heterocycles. The van der Waals surface area contributed by atoms with Crippen molar-refractivity contribution in [2.24, 2.45) is 23.3 Å². The fourth-order valence-corrected chi connectivity index (χ4v) is 4.86. The Morgan fingerprint density at radius 3 is 2.17 bits per heavy atom. The second-order valence-corrected chi connectivity index (χ2v) is 12.3. The van der Waals surface area contributed by atoms with Crippen LogP contribution in [0.25, 0.3) is 0 Å². The molecular weight excluding hydrogens is 612 g/mol. The summed E-state index contributed by atoms with van der Waals surface area (Å²) in [7, 11) is 0. The highest BCUT2D eigenvalue weighted by Gasteiger charge is 2.37. The van der Waals surface area contributed by atoms with Crippen molar-refractivity contribution in [1.82, 2.24) is 41.5 Å². The number of hydrogen-bond donors (Lipinski definition) is 8. The first-order chi connectivity index (χ1) is 22.1. The summed E-state index contributed by atoms with van der Waals surface area (Å²) >= 11 is 0. The van der Waals surface area contributed by atoms with Crippen molar-refractivity contribution in [3.63, 3.8) is 0 Å². The van der Waals surface area contributed by atoms with Crippen molar-refractivity contribution in [1.29, 1.82) is 0 Å². The Bertz CT molecular complexity index is 1270. The first kappa shape index (κ1) is 38.6. The van der Waals surface area contributed by atoms with Gasteiger partial charge in [-0.1, -0.05) is 34.1 Å². The molecular formula is C30H50N10O7. The van der Waals surface area contributed by atoms with Crippen molar-refractivity contribution in [3.8, 4) is 0 Å². The number of carbonyl (C=O) groups excluding carboxylic acids is 7. The average Bonchev–Trinajstić information content (AvgIpc) is 3.73. The van der Waals surface area contributed by atoms with Crippen molar-refractivity contribution in [2.45, 2.75) is 103 Å². The van der Waals surface area contributed by atoms with Crippen LogP contribution < -0.4 is 38.1 Å². The summed E-state index contributed by atoms with van der Waals surface area (Å²) < 4.78 is 0. The molecule has 2 heterocycles. The number of H-pyrrole nitrogens is 1. The number of aromatic amines is 1. The molecule has 0 aromatic carbocycles. The maximum absolute atomic E-state index is 13.3. The molecule has 0 saturated carbocycles. The van der Waals surface area contributed by atoms with Crippen molar-refractivity contribution in [3.05, 3.63) is 18.2 Å². The van der Waals surface area contributed by atoms with E-state index in [1.54, 1.807) is 20.8 Å². The maximum Gasteiger partial charge on any atom is 0.243 e. The van der Waals surface area contributed by atoms with E-state index in [1.807, 2.05) is 6.92 Å². The van der Waals surface area contributed by atoms with Crippen LogP contribution >= 0.6 is 0 Å². The lowest BCUT2D eigenvalue weighted by Gasteiger charge is -2.29. The smallest absolute Gasteiger partial charge is 0.243 e. The van der Waals surface area contributed by atoms with Crippen LogP contribution in [0.4, 0.5) is 0 Å². The van der Waals surface area contributed by atoms with E-state index in [1.165, 1.54) is 31.3 Å². The first-order valence-electron chi connectivity index (χ1n) is 15.9. The highest BCUT2D eigenvalue weighted by Crippen LogP contribution is 2.19. The zero-order chi connectivity index (χ0) is 35.4. The minimum Gasteiger partial charge on any atom is -0.368 e. The topological polar surface area (TPSA) is 264 Å². The number of amides is 7. The highest BCUT2D eigenvalue weighted by molar-refractivity contribution is 5.96. The van der Waals surface area contributed by atoms with Crippen molar-refractivity contribution >= 4 is 41.4 Å². The molecule has 47 heavy (non-hydrogen) atoms. The van der Waals surface area contributed by atoms with Crippen LogP contribution in [-0.2, 0) is 40.0 Å². The number of nitrogens with zero attached hydrogens (tertiary/aromatic N) is 2. The number of carbonyl (C=O) groups is 7. The number of nitrogens with two attached hydrogens (primary N) is 2. The predicted octanol–water partition coefficient (Wildman–Crippen LogP) is -2.45. The van der Waals surface area contributed by atoms with Gasteiger partial charge in [-0.2, -0.15) is 0 Å². The summed E-state index contributed by atoms with van der Waals surface area (Å²) in [5.74, 6) is -4.61. The SMILES string of the molecule is CC[C@H](C)[C@H](NC(=O)[C@@H]1CCCN1C(=O)CNC(=O)[C@H](C)NC(=O)[C@H](Cc1cnc[nH]1)NC(=O)[C@@H](N)C(C)C)C(=O)N[C@@H](C)C(N)=O. The summed E-state index contributed by atoms with van der Waals surface area (Å²) in [6.07, 6.45) is 4.45. The Labute approximate surface area is 274 Å². The standard InChI is InChI=1S/C30H50N10O7/c1-7-16(4)24(30(47)36-17(5)25(32)42)39-28(45)21-9-8-10-40(21)22(41)13-34-26(43)18(6)37-27(44)20(11-19-12-33-14-35-19)38-29(46)23(31)15(2)3/h12,14-18,20-21,23-24H,7-11,13,31H2,1-6H3,(H2,32,42)(H,33,35)(H,34,43)(H,36,47)(H,37,44)(H,38,46)(H,39,45)/t16-,17-,18-,20-,21-,23-,24-/m0/s1. The van der Waals surface area contributed by atoms with Gasteiger partial charge in [-0.3, -0.25) is 33.6 Å². The van der Waals surface area contributed by atoms with Crippen LogP contribution in [0.1, 0.15) is 66.5 Å². The third-order valence-electron chi connectivity index (χ3n) is 8.25. The van der Waals surface area contributed by atoms with E-state index in [0.29, 0.717) is 25.0 Å². The fourth-order valence-electron chi connectivity index (χ4n) is 4.86. The van der Waals surface area contributed by atoms with Gasteiger partial charge in [-0.25, -0.2) is 4.98 Å². The zero-order valence-corrected chi connectivity index (χ0v) is 27.9. The number of rotatable bonds is 17. The maximum atomic E-state index is 13.3. The van der Waals surface area contributed by atoms with Gasteiger partial charge in [0.15, 0.2) is 0 Å². The first-order valence-corrected chi connectivity index (χ1v) is 15.9. The summed E-state index contributed by atoms with van der Waals surface area (Å²) in [4.78, 5) is 97.4. The molecule has 17 heteroatoms. The van der Waals surface area contributed by atoms with E-state index < -0.39 is 84.1 Å². The van der Waals surface area contributed by atoms with Crippen LogP contribution in [0.3, 0.4) is 0 Å². The number of hydrogen-bond acceptors (Lipinski definition) is 9. The summed E-state index contributed by atoms with van der Waals surface area (Å²) in [5, 5.41) is 12.9. The van der Waals surface area contributed by atoms with Gasteiger partial charge in [0, 0.05) is 24.9 Å². The molecule has 1 saturated heterocycles. The molecule has 2 rings (SSSR count). The van der Waals surface area contributed by atoms with E-state index in [0.717, 1.165) is 0 Å².